The van der Waals surface area contributed by atoms with Crippen LogP contribution in [0.15, 0.2) is 55.6 Å². The van der Waals surface area contributed by atoms with Gasteiger partial charge in [0.15, 0.2) is 0 Å². The Morgan fingerprint density at radius 2 is 1.38 bits per heavy atom. The highest BCUT2D eigenvalue weighted by atomic mass is 16.6. The first kappa shape index (κ1) is 29.9. The Morgan fingerprint density at radius 3 is 1.92 bits per heavy atom. The molecule has 0 fully saturated rings. The summed E-state index contributed by atoms with van der Waals surface area (Å²) in [7, 11) is 0. The van der Waals surface area contributed by atoms with Crippen LogP contribution in [-0.4, -0.2) is 37.4 Å². The number of carbonyl (C=O) groups excluding carboxylic acids is 2. The number of unbranched alkanes of at least 4 members (excludes halogenated alkanes) is 4. The van der Waals surface area contributed by atoms with Crippen LogP contribution in [0.25, 0.3) is 10.8 Å². The number of carbonyl (C=O) groups is 2. The Balaban J connectivity index is 2.12. The van der Waals surface area contributed by atoms with E-state index in [0.717, 1.165) is 73.5 Å². The van der Waals surface area contributed by atoms with Crippen LogP contribution in [0.1, 0.15) is 70.8 Å². The average Bonchev–Trinajstić information content (AvgIpc) is 2.90. The Hall–Kier alpha value is -3.28. The quantitative estimate of drug-likeness (QED) is 0.119. The van der Waals surface area contributed by atoms with Gasteiger partial charge in [-0.1, -0.05) is 64.8 Å². The summed E-state index contributed by atoms with van der Waals surface area (Å²) in [6, 6.07) is 9.84. The highest BCUT2D eigenvalue weighted by Crippen LogP contribution is 2.32. The van der Waals surface area contributed by atoms with Crippen molar-refractivity contribution < 1.29 is 28.5 Å². The van der Waals surface area contributed by atoms with Crippen molar-refractivity contribution in [1.29, 1.82) is 0 Å². The number of rotatable bonds is 18. The van der Waals surface area contributed by atoms with Gasteiger partial charge < -0.3 is 18.9 Å². The second-order valence-electron chi connectivity index (χ2n) is 9.23. The molecule has 202 valence electrons. The summed E-state index contributed by atoms with van der Waals surface area (Å²) in [5.74, 6) is 0.576. The summed E-state index contributed by atoms with van der Waals surface area (Å²) in [5, 5.41) is 1.92. The first-order chi connectivity index (χ1) is 17.9. The van der Waals surface area contributed by atoms with Crippen molar-refractivity contribution >= 4 is 22.7 Å². The lowest BCUT2D eigenvalue weighted by Crippen LogP contribution is -2.24. The summed E-state index contributed by atoms with van der Waals surface area (Å²) in [4.78, 5) is 23.5. The molecule has 6 nitrogen and oxygen atoms in total. The number of fused-ring (bicyclic) bond motifs is 1. The van der Waals surface area contributed by atoms with Crippen molar-refractivity contribution in [2.24, 2.45) is 0 Å². The van der Waals surface area contributed by atoms with Gasteiger partial charge in [0.2, 0.25) is 0 Å². The van der Waals surface area contributed by atoms with E-state index in [1.165, 1.54) is 12.2 Å². The molecular formula is C31H42O6. The summed E-state index contributed by atoms with van der Waals surface area (Å²) in [6.07, 6.45) is 9.45. The van der Waals surface area contributed by atoms with E-state index in [1.54, 1.807) is 0 Å². The maximum Gasteiger partial charge on any atom is 0.330 e. The van der Waals surface area contributed by atoms with E-state index in [-0.39, 0.29) is 25.4 Å². The zero-order chi connectivity index (χ0) is 27.0. The van der Waals surface area contributed by atoms with Gasteiger partial charge in [-0.25, -0.2) is 9.59 Å². The standard InChI is InChI=1S/C31H42O6/c1-6-10-12-14-26(36-29(32)8-3)21-34-25-18-19-28-24(20-25)17-16-23(5)31(28)35-22-27(15-13-11-7-2)37-30(33)9-4/h8-9,16-20,26-27H,3-4,6-7,10-15,21-22H2,1-2,5H3. The second-order valence-corrected chi connectivity index (χ2v) is 9.23. The monoisotopic (exact) mass is 510 g/mol. The Labute approximate surface area is 221 Å². The molecule has 37 heavy (non-hydrogen) atoms. The van der Waals surface area contributed by atoms with Gasteiger partial charge in [0.25, 0.3) is 0 Å². The Morgan fingerprint density at radius 1 is 0.811 bits per heavy atom. The number of hydrogen-bond acceptors (Lipinski definition) is 6. The third-order valence-corrected chi connectivity index (χ3v) is 6.15. The molecule has 0 amide bonds. The summed E-state index contributed by atoms with van der Waals surface area (Å²) < 4.78 is 23.2. The molecule has 0 saturated heterocycles. The van der Waals surface area contributed by atoms with Gasteiger partial charge in [0, 0.05) is 17.5 Å². The SMILES string of the molecule is C=CC(=O)OC(CCCCC)COc1ccc2c(OCC(CCCCC)OC(=O)C=C)c(C)ccc2c1. The van der Waals surface area contributed by atoms with Crippen molar-refractivity contribution in [2.75, 3.05) is 13.2 Å². The predicted octanol–water partition coefficient (Wildman–Crippen LogP) is 7.26. The fourth-order valence-electron chi connectivity index (χ4n) is 4.06. The van der Waals surface area contributed by atoms with Crippen molar-refractivity contribution in [1.82, 2.24) is 0 Å². The molecule has 0 saturated carbocycles. The molecule has 0 aliphatic heterocycles. The molecule has 0 spiro atoms. The number of benzene rings is 2. The molecular weight excluding hydrogens is 468 g/mol. The van der Waals surface area contributed by atoms with Crippen LogP contribution in [0.2, 0.25) is 0 Å². The minimum absolute atomic E-state index is 0.273. The highest BCUT2D eigenvalue weighted by molar-refractivity contribution is 5.90. The van der Waals surface area contributed by atoms with Crippen LogP contribution in [0.5, 0.6) is 11.5 Å². The van der Waals surface area contributed by atoms with E-state index >= 15 is 0 Å². The molecule has 6 heteroatoms. The van der Waals surface area contributed by atoms with Crippen LogP contribution in [-0.2, 0) is 19.1 Å². The van der Waals surface area contributed by atoms with E-state index in [1.807, 2.05) is 37.3 Å². The smallest absolute Gasteiger partial charge is 0.330 e. The zero-order valence-electron chi connectivity index (χ0n) is 22.6. The molecule has 2 atom stereocenters. The van der Waals surface area contributed by atoms with Crippen molar-refractivity contribution in [3.05, 3.63) is 61.2 Å². The number of aryl methyl sites for hydroxylation is 1. The molecule has 0 heterocycles. The average molecular weight is 511 g/mol. The summed E-state index contributed by atoms with van der Waals surface area (Å²) >= 11 is 0. The maximum absolute atomic E-state index is 11.8. The molecule has 2 rings (SSSR count). The van der Waals surface area contributed by atoms with Gasteiger partial charge in [-0.2, -0.15) is 0 Å². The van der Waals surface area contributed by atoms with Crippen LogP contribution in [0.3, 0.4) is 0 Å². The largest absolute Gasteiger partial charge is 0.490 e. The number of hydrogen-bond donors (Lipinski definition) is 0. The maximum atomic E-state index is 11.8. The van der Waals surface area contributed by atoms with E-state index in [2.05, 4.69) is 27.0 Å². The lowest BCUT2D eigenvalue weighted by atomic mass is 10.1. The first-order valence-corrected chi connectivity index (χ1v) is 13.4. The Bertz CT molecular complexity index is 1030. The normalized spacial score (nSPS) is 12.4. The van der Waals surface area contributed by atoms with Crippen LogP contribution >= 0.6 is 0 Å². The van der Waals surface area contributed by atoms with Crippen molar-refractivity contribution in [3.8, 4) is 11.5 Å². The molecule has 0 radical (unpaired) electrons. The topological polar surface area (TPSA) is 71.1 Å². The fraction of sp³-hybridized carbons (Fsp3) is 0.484. The Kier molecular flexibility index (Phi) is 13.3. The molecule has 0 aliphatic rings. The molecule has 2 unspecified atom stereocenters. The van der Waals surface area contributed by atoms with Gasteiger partial charge in [-0.3, -0.25) is 0 Å². The fourth-order valence-corrected chi connectivity index (χ4v) is 4.06. The van der Waals surface area contributed by atoms with E-state index in [9.17, 15) is 9.59 Å². The molecule has 0 aromatic heterocycles. The van der Waals surface area contributed by atoms with Gasteiger partial charge >= 0.3 is 11.9 Å². The number of esters is 2. The molecule has 2 aromatic rings. The first-order valence-electron chi connectivity index (χ1n) is 13.4. The summed E-state index contributed by atoms with van der Waals surface area (Å²) in [6.45, 7) is 13.8. The van der Waals surface area contributed by atoms with E-state index in [4.69, 9.17) is 18.9 Å². The third-order valence-electron chi connectivity index (χ3n) is 6.15. The zero-order valence-corrected chi connectivity index (χ0v) is 22.6. The highest BCUT2D eigenvalue weighted by Gasteiger charge is 2.17. The predicted molar refractivity (Wildman–Crippen MR) is 148 cm³/mol. The van der Waals surface area contributed by atoms with Gasteiger partial charge in [-0.15, -0.1) is 0 Å². The van der Waals surface area contributed by atoms with Gasteiger partial charge in [0.1, 0.15) is 36.9 Å². The lowest BCUT2D eigenvalue weighted by Gasteiger charge is -2.20. The third kappa shape index (κ3) is 10.3. The van der Waals surface area contributed by atoms with E-state index < -0.39 is 11.9 Å². The lowest BCUT2D eigenvalue weighted by molar-refractivity contribution is -0.145. The number of ether oxygens (including phenoxy) is 4. The minimum atomic E-state index is -0.437. The van der Waals surface area contributed by atoms with Crippen LogP contribution in [0.4, 0.5) is 0 Å². The van der Waals surface area contributed by atoms with E-state index in [0.29, 0.717) is 5.75 Å². The second kappa shape index (κ2) is 16.5. The van der Waals surface area contributed by atoms with Crippen molar-refractivity contribution in [3.63, 3.8) is 0 Å². The summed E-state index contributed by atoms with van der Waals surface area (Å²) in [5.41, 5.74) is 0.996. The molecule has 0 bridgehead atoms. The van der Waals surface area contributed by atoms with Crippen molar-refractivity contribution in [2.45, 2.75) is 84.3 Å². The molecule has 0 aliphatic carbocycles. The van der Waals surface area contributed by atoms with Crippen LogP contribution in [0, 0.1) is 6.92 Å². The van der Waals surface area contributed by atoms with Gasteiger partial charge in [-0.05, 0) is 61.8 Å². The van der Waals surface area contributed by atoms with Gasteiger partial charge in [0.05, 0.1) is 0 Å². The van der Waals surface area contributed by atoms with Crippen LogP contribution < -0.4 is 9.47 Å². The molecule has 0 N–H and O–H groups in total. The molecule has 2 aromatic carbocycles. The minimum Gasteiger partial charge on any atom is -0.490 e.